The maximum absolute atomic E-state index is 9.18. The highest BCUT2D eigenvalue weighted by Gasteiger charge is 2.15. The molecule has 6 nitrogen and oxygen atoms in total. The highest BCUT2D eigenvalue weighted by Crippen LogP contribution is 2.21. The fourth-order valence-corrected chi connectivity index (χ4v) is 1.59. The van der Waals surface area contributed by atoms with Crippen molar-refractivity contribution < 1.29 is 0 Å². The van der Waals surface area contributed by atoms with E-state index in [1.54, 1.807) is 41.6 Å². The van der Waals surface area contributed by atoms with E-state index in [1.165, 1.54) is 0 Å². The third kappa shape index (κ3) is 1.41. The molecule has 0 saturated carbocycles. The molecular formula is C11H6N6. The Kier molecular flexibility index (Phi) is 2.02. The molecule has 17 heavy (non-hydrogen) atoms. The second-order valence-electron chi connectivity index (χ2n) is 3.31. The Labute approximate surface area is 96.2 Å². The van der Waals surface area contributed by atoms with Crippen molar-refractivity contribution in [1.82, 2.24) is 24.6 Å². The second-order valence-corrected chi connectivity index (χ2v) is 3.31. The monoisotopic (exact) mass is 222 g/mol. The van der Waals surface area contributed by atoms with Gasteiger partial charge in [0.25, 0.3) is 0 Å². The van der Waals surface area contributed by atoms with Gasteiger partial charge in [-0.05, 0) is 6.07 Å². The average molecular weight is 222 g/mol. The van der Waals surface area contributed by atoms with E-state index < -0.39 is 0 Å². The van der Waals surface area contributed by atoms with Crippen LogP contribution in [0, 0.1) is 11.3 Å². The molecule has 0 atom stereocenters. The van der Waals surface area contributed by atoms with Gasteiger partial charge < -0.3 is 0 Å². The van der Waals surface area contributed by atoms with Crippen LogP contribution in [0.2, 0.25) is 0 Å². The van der Waals surface area contributed by atoms with Crippen LogP contribution >= 0.6 is 0 Å². The number of aromatic nitrogens is 5. The van der Waals surface area contributed by atoms with E-state index in [2.05, 4.69) is 26.1 Å². The first kappa shape index (κ1) is 9.42. The first-order chi connectivity index (χ1) is 8.40. The summed E-state index contributed by atoms with van der Waals surface area (Å²) in [5.41, 5.74) is 2.00. The first-order valence-electron chi connectivity index (χ1n) is 4.90. The van der Waals surface area contributed by atoms with Crippen LogP contribution in [0.5, 0.6) is 0 Å². The molecule has 0 unspecified atom stereocenters. The molecule has 3 aromatic rings. The molecule has 0 bridgehead atoms. The molecule has 3 aromatic heterocycles. The van der Waals surface area contributed by atoms with E-state index in [-0.39, 0.29) is 0 Å². The van der Waals surface area contributed by atoms with Crippen LogP contribution in [0.4, 0.5) is 0 Å². The number of nitriles is 1. The molecule has 0 radical (unpaired) electrons. The summed E-state index contributed by atoms with van der Waals surface area (Å²) in [4.78, 5) is 12.2. The SMILES string of the molecule is N#Cc1c(-c2cnccn2)nn2cccnc12. The highest BCUT2D eigenvalue weighted by atomic mass is 15.3. The van der Waals surface area contributed by atoms with Crippen LogP contribution in [0.15, 0.2) is 37.1 Å². The molecule has 80 valence electrons. The van der Waals surface area contributed by atoms with Crippen molar-refractivity contribution in [2.24, 2.45) is 0 Å². The molecule has 3 rings (SSSR count). The zero-order chi connectivity index (χ0) is 11.7. The zero-order valence-corrected chi connectivity index (χ0v) is 8.65. The lowest BCUT2D eigenvalue weighted by atomic mass is 10.2. The summed E-state index contributed by atoms with van der Waals surface area (Å²) in [5, 5.41) is 13.5. The fraction of sp³-hybridized carbons (Fsp3) is 0. The Morgan fingerprint density at radius 1 is 1.18 bits per heavy atom. The maximum atomic E-state index is 9.18. The first-order valence-corrected chi connectivity index (χ1v) is 4.90. The Morgan fingerprint density at radius 2 is 2.12 bits per heavy atom. The van der Waals surface area contributed by atoms with Gasteiger partial charge in [-0.25, -0.2) is 9.50 Å². The summed E-state index contributed by atoms with van der Waals surface area (Å²) in [6.45, 7) is 0. The van der Waals surface area contributed by atoms with Gasteiger partial charge >= 0.3 is 0 Å². The third-order valence-corrected chi connectivity index (χ3v) is 2.31. The minimum Gasteiger partial charge on any atom is -0.261 e. The predicted octanol–water partition coefficient (Wildman–Crippen LogP) is 1.06. The minimum atomic E-state index is 0.408. The van der Waals surface area contributed by atoms with Crippen molar-refractivity contribution in [2.75, 3.05) is 0 Å². The highest BCUT2D eigenvalue weighted by molar-refractivity contribution is 5.72. The summed E-state index contributed by atoms with van der Waals surface area (Å²) < 4.78 is 1.56. The predicted molar refractivity (Wildman–Crippen MR) is 58.7 cm³/mol. The number of rotatable bonds is 1. The minimum absolute atomic E-state index is 0.408. The third-order valence-electron chi connectivity index (χ3n) is 2.31. The van der Waals surface area contributed by atoms with Gasteiger partial charge in [0.1, 0.15) is 23.0 Å². The normalized spacial score (nSPS) is 10.3. The number of nitrogens with zero attached hydrogens (tertiary/aromatic N) is 6. The molecule has 6 heteroatoms. The van der Waals surface area contributed by atoms with Gasteiger partial charge in [0, 0.05) is 24.8 Å². The van der Waals surface area contributed by atoms with Gasteiger partial charge in [0.15, 0.2) is 5.65 Å². The summed E-state index contributed by atoms with van der Waals surface area (Å²) in [7, 11) is 0. The zero-order valence-electron chi connectivity index (χ0n) is 8.65. The lowest BCUT2D eigenvalue weighted by molar-refractivity contribution is 0.939. The van der Waals surface area contributed by atoms with E-state index in [4.69, 9.17) is 0 Å². The van der Waals surface area contributed by atoms with Crippen LogP contribution in [-0.2, 0) is 0 Å². The van der Waals surface area contributed by atoms with Crippen molar-refractivity contribution >= 4 is 5.65 Å². The molecule has 0 aliphatic heterocycles. The Morgan fingerprint density at radius 3 is 2.88 bits per heavy atom. The van der Waals surface area contributed by atoms with Crippen molar-refractivity contribution in [1.29, 1.82) is 5.26 Å². The van der Waals surface area contributed by atoms with Crippen LogP contribution in [-0.4, -0.2) is 24.6 Å². The van der Waals surface area contributed by atoms with Crippen molar-refractivity contribution in [3.05, 3.63) is 42.6 Å². The summed E-state index contributed by atoms with van der Waals surface area (Å²) >= 11 is 0. The molecule has 0 N–H and O–H groups in total. The molecule has 0 aliphatic rings. The van der Waals surface area contributed by atoms with E-state index in [0.29, 0.717) is 22.6 Å². The van der Waals surface area contributed by atoms with Gasteiger partial charge in [-0.1, -0.05) is 0 Å². The van der Waals surface area contributed by atoms with Gasteiger partial charge in [0.05, 0.1) is 6.20 Å². The largest absolute Gasteiger partial charge is 0.261 e. The summed E-state index contributed by atoms with van der Waals surface area (Å²) in [6.07, 6.45) is 8.07. The van der Waals surface area contributed by atoms with Crippen molar-refractivity contribution in [2.45, 2.75) is 0 Å². The quantitative estimate of drug-likeness (QED) is 0.615. The second kappa shape index (κ2) is 3.64. The van der Waals surface area contributed by atoms with Crippen molar-refractivity contribution in [3.8, 4) is 17.5 Å². The Bertz CT molecular complexity index is 710. The molecular weight excluding hydrogens is 216 g/mol. The average Bonchev–Trinajstić information content (AvgIpc) is 2.78. The number of fused-ring (bicyclic) bond motifs is 1. The van der Waals surface area contributed by atoms with E-state index >= 15 is 0 Å². The van der Waals surface area contributed by atoms with Crippen LogP contribution < -0.4 is 0 Å². The maximum Gasteiger partial charge on any atom is 0.173 e. The molecule has 0 spiro atoms. The Balaban J connectivity index is 2.35. The number of hydrogen-bond acceptors (Lipinski definition) is 5. The molecule has 0 aromatic carbocycles. The van der Waals surface area contributed by atoms with E-state index in [1.807, 2.05) is 0 Å². The Hall–Kier alpha value is -2.81. The molecule has 0 saturated heterocycles. The van der Waals surface area contributed by atoms with Gasteiger partial charge in [-0.2, -0.15) is 10.4 Å². The van der Waals surface area contributed by atoms with Gasteiger partial charge in [-0.3, -0.25) is 9.97 Å². The van der Waals surface area contributed by atoms with Crippen LogP contribution in [0.1, 0.15) is 5.56 Å². The van der Waals surface area contributed by atoms with Crippen LogP contribution in [0.3, 0.4) is 0 Å². The fourth-order valence-electron chi connectivity index (χ4n) is 1.59. The van der Waals surface area contributed by atoms with Crippen molar-refractivity contribution in [3.63, 3.8) is 0 Å². The molecule has 3 heterocycles. The lowest BCUT2D eigenvalue weighted by Gasteiger charge is -1.92. The number of hydrogen-bond donors (Lipinski definition) is 0. The molecule has 0 aliphatic carbocycles. The summed E-state index contributed by atoms with van der Waals surface area (Å²) in [5.74, 6) is 0. The topological polar surface area (TPSA) is 79.8 Å². The molecule has 0 amide bonds. The molecule has 0 fully saturated rings. The van der Waals surface area contributed by atoms with E-state index in [0.717, 1.165) is 0 Å². The van der Waals surface area contributed by atoms with Crippen LogP contribution in [0.25, 0.3) is 17.0 Å². The smallest absolute Gasteiger partial charge is 0.173 e. The standard InChI is InChI=1S/C11H6N6/c12-6-8-10(9-7-13-3-4-14-9)16-17-5-1-2-15-11(8)17/h1-5,7H. The lowest BCUT2D eigenvalue weighted by Crippen LogP contribution is -1.88. The van der Waals surface area contributed by atoms with E-state index in [9.17, 15) is 5.26 Å². The van der Waals surface area contributed by atoms with Gasteiger partial charge in [0.2, 0.25) is 0 Å². The van der Waals surface area contributed by atoms with Gasteiger partial charge in [-0.15, -0.1) is 0 Å². The summed E-state index contributed by atoms with van der Waals surface area (Å²) in [6, 6.07) is 3.86.